The van der Waals surface area contributed by atoms with E-state index in [1.807, 2.05) is 6.92 Å². The molecule has 24 heavy (non-hydrogen) atoms. The van der Waals surface area contributed by atoms with Gasteiger partial charge in [0.1, 0.15) is 6.10 Å². The van der Waals surface area contributed by atoms with E-state index in [1.165, 1.54) is 6.92 Å². The number of aliphatic hydroxyl groups is 6. The number of aliphatic hydroxyl groups excluding tert-OH is 5. The fourth-order valence-electron chi connectivity index (χ4n) is 0.329. The number of carbonyl (C=O) groups is 2. The molecule has 0 saturated heterocycles. The van der Waals surface area contributed by atoms with Crippen molar-refractivity contribution in [1.82, 2.24) is 0 Å². The van der Waals surface area contributed by atoms with Gasteiger partial charge in [-0.15, -0.1) is 0 Å². The second-order valence-electron chi connectivity index (χ2n) is 3.92. The van der Waals surface area contributed by atoms with Crippen LogP contribution in [0, 0.1) is 0 Å². The van der Waals surface area contributed by atoms with Crippen LogP contribution in [0.3, 0.4) is 0 Å². The summed E-state index contributed by atoms with van der Waals surface area (Å²) in [5, 5.41) is 62.8. The highest BCUT2D eigenvalue weighted by molar-refractivity contribution is 5.71. The third-order valence-corrected chi connectivity index (χ3v) is 1.22. The fourth-order valence-corrected chi connectivity index (χ4v) is 0.329. The summed E-state index contributed by atoms with van der Waals surface area (Å²) in [5.74, 6) is -2.02. The molecule has 0 aliphatic heterocycles. The van der Waals surface area contributed by atoms with Gasteiger partial charge in [0.15, 0.2) is 6.29 Å². The van der Waals surface area contributed by atoms with Gasteiger partial charge in [-0.25, -0.2) is 4.79 Å². The molecule has 1 atom stereocenters. The predicted octanol–water partition coefficient (Wildman–Crippen LogP) is -1.00. The summed E-state index contributed by atoms with van der Waals surface area (Å²) in [4.78, 5) is 18.4. The van der Waals surface area contributed by atoms with Crippen molar-refractivity contribution in [3.8, 4) is 0 Å². The maximum Gasteiger partial charge on any atom is 0.332 e. The Balaban J connectivity index is -0.0000000641. The summed E-state index contributed by atoms with van der Waals surface area (Å²) < 4.78 is 0. The van der Waals surface area contributed by atoms with Crippen LogP contribution in [-0.4, -0.2) is 85.0 Å². The first-order chi connectivity index (χ1) is 11.0. The van der Waals surface area contributed by atoms with Crippen molar-refractivity contribution in [2.75, 3.05) is 19.8 Å². The molecule has 8 N–H and O–H groups in total. The molecular weight excluding hydrogens is 328 g/mol. The molecule has 1 unspecified atom stereocenters. The summed E-state index contributed by atoms with van der Waals surface area (Å²) in [7, 11) is 0. The Bertz CT molecular complexity index is 226. The highest BCUT2D eigenvalue weighted by Crippen LogP contribution is 1.88. The molecule has 0 bridgehead atoms. The quantitative estimate of drug-likeness (QED) is 0.281. The van der Waals surface area contributed by atoms with Crippen LogP contribution in [0.2, 0.25) is 0 Å². The lowest BCUT2D eigenvalue weighted by molar-refractivity contribution is -0.145. The molecule has 10 nitrogen and oxygen atoms in total. The molecular formula is C14H34O10. The van der Waals surface area contributed by atoms with Crippen molar-refractivity contribution >= 4 is 11.9 Å². The number of aliphatic carboxylic acids is 2. The Morgan fingerprint density at radius 2 is 1.17 bits per heavy atom. The van der Waals surface area contributed by atoms with Gasteiger partial charge < -0.3 is 40.9 Å². The summed E-state index contributed by atoms with van der Waals surface area (Å²) in [6.45, 7) is 6.30. The molecule has 0 rings (SSSR count). The standard InChI is InChI=1S/C4H10O2.C3H6O3.C3H8O2.C2H4O2.C2H6O/c1-2-3-4(5)6;1-2(4)3(5)6;4-2-1-3-5;1-2(3)4;1-2-3/h4-6H,2-3H2,1H3;2,4H,1H3,(H,5,6);4-5H,1-3H2;1H3,(H,3,4);3H,2H2,1H3. The Morgan fingerprint density at radius 3 is 1.17 bits per heavy atom. The third kappa shape index (κ3) is 135. The molecule has 0 saturated carbocycles. The molecule has 10 heteroatoms. The number of hydrogen-bond acceptors (Lipinski definition) is 8. The highest BCUT2D eigenvalue weighted by Gasteiger charge is 2.01. The lowest BCUT2D eigenvalue weighted by Crippen LogP contribution is -2.13. The molecule has 0 aromatic rings. The molecule has 0 fully saturated rings. The van der Waals surface area contributed by atoms with Gasteiger partial charge in [-0.2, -0.15) is 0 Å². The zero-order chi connectivity index (χ0) is 20.6. The maximum absolute atomic E-state index is 9.45. The number of rotatable bonds is 5. The lowest BCUT2D eigenvalue weighted by Gasteiger charge is -1.94. The smallest absolute Gasteiger partial charge is 0.332 e. The Kier molecular flexibility index (Phi) is 47.4. The molecule has 0 spiro atoms. The topological polar surface area (TPSA) is 196 Å². The van der Waals surface area contributed by atoms with Gasteiger partial charge in [-0.1, -0.05) is 13.3 Å². The first kappa shape index (κ1) is 34.1. The van der Waals surface area contributed by atoms with Gasteiger partial charge in [-0.05, 0) is 26.7 Å². The minimum atomic E-state index is -1.23. The summed E-state index contributed by atoms with van der Waals surface area (Å²) in [6.07, 6.45) is -0.516. The van der Waals surface area contributed by atoms with E-state index in [2.05, 4.69) is 0 Å². The first-order valence-electron chi connectivity index (χ1n) is 7.27. The number of carboxylic acids is 2. The Hall–Kier alpha value is -1.30. The van der Waals surface area contributed by atoms with Crippen LogP contribution < -0.4 is 0 Å². The minimum Gasteiger partial charge on any atom is -0.481 e. The van der Waals surface area contributed by atoms with E-state index >= 15 is 0 Å². The molecule has 150 valence electrons. The predicted molar refractivity (Wildman–Crippen MR) is 87.3 cm³/mol. The van der Waals surface area contributed by atoms with Crippen molar-refractivity contribution in [2.45, 2.75) is 59.4 Å². The summed E-state index contributed by atoms with van der Waals surface area (Å²) in [5.41, 5.74) is 0. The largest absolute Gasteiger partial charge is 0.481 e. The molecule has 0 aromatic heterocycles. The van der Waals surface area contributed by atoms with Gasteiger partial charge >= 0.3 is 5.97 Å². The van der Waals surface area contributed by atoms with Crippen LogP contribution in [0.1, 0.15) is 47.0 Å². The van der Waals surface area contributed by atoms with Crippen molar-refractivity contribution in [3.05, 3.63) is 0 Å². The average molecular weight is 362 g/mol. The van der Waals surface area contributed by atoms with E-state index < -0.39 is 24.3 Å². The normalized spacial score (nSPS) is 9.46. The maximum atomic E-state index is 9.45. The van der Waals surface area contributed by atoms with Crippen molar-refractivity contribution in [3.63, 3.8) is 0 Å². The van der Waals surface area contributed by atoms with Gasteiger partial charge in [-0.3, -0.25) is 4.79 Å². The van der Waals surface area contributed by atoms with Crippen LogP contribution >= 0.6 is 0 Å². The monoisotopic (exact) mass is 362 g/mol. The van der Waals surface area contributed by atoms with Gasteiger partial charge in [0.05, 0.1) is 0 Å². The van der Waals surface area contributed by atoms with E-state index in [9.17, 15) is 4.79 Å². The SMILES string of the molecule is CC(=O)O.CC(O)C(=O)O.CCCC(O)O.CCO.OCCCO. The zero-order valence-corrected chi connectivity index (χ0v) is 14.8. The van der Waals surface area contributed by atoms with E-state index in [1.54, 1.807) is 6.92 Å². The van der Waals surface area contributed by atoms with Crippen LogP contribution in [0.5, 0.6) is 0 Å². The van der Waals surface area contributed by atoms with Crippen LogP contribution in [-0.2, 0) is 9.59 Å². The summed E-state index contributed by atoms with van der Waals surface area (Å²) in [6, 6.07) is 0. The summed E-state index contributed by atoms with van der Waals surface area (Å²) >= 11 is 0. The molecule has 0 amide bonds. The van der Waals surface area contributed by atoms with Crippen LogP contribution in [0.15, 0.2) is 0 Å². The Labute approximate surface area is 142 Å². The molecule has 0 aliphatic rings. The van der Waals surface area contributed by atoms with E-state index in [-0.39, 0.29) is 19.8 Å². The molecule has 0 aliphatic carbocycles. The average Bonchev–Trinajstić information content (AvgIpc) is 2.40. The van der Waals surface area contributed by atoms with E-state index in [0.717, 1.165) is 13.3 Å². The molecule has 0 aromatic carbocycles. The first-order valence-corrected chi connectivity index (χ1v) is 7.27. The third-order valence-electron chi connectivity index (χ3n) is 1.22. The van der Waals surface area contributed by atoms with E-state index in [0.29, 0.717) is 12.8 Å². The van der Waals surface area contributed by atoms with Crippen molar-refractivity contribution in [2.24, 2.45) is 0 Å². The molecule has 0 radical (unpaired) electrons. The number of hydrogen-bond donors (Lipinski definition) is 8. The van der Waals surface area contributed by atoms with Crippen molar-refractivity contribution < 1.29 is 50.4 Å². The number of carboxylic acid groups (broad SMARTS) is 2. The zero-order valence-electron chi connectivity index (χ0n) is 14.8. The van der Waals surface area contributed by atoms with Gasteiger partial charge in [0.2, 0.25) is 0 Å². The van der Waals surface area contributed by atoms with Gasteiger partial charge in [0.25, 0.3) is 5.97 Å². The fraction of sp³-hybridized carbons (Fsp3) is 0.857. The second-order valence-corrected chi connectivity index (χ2v) is 3.92. The van der Waals surface area contributed by atoms with Crippen LogP contribution in [0.25, 0.3) is 0 Å². The Morgan fingerprint density at radius 1 is 0.917 bits per heavy atom. The van der Waals surface area contributed by atoms with E-state index in [4.69, 9.17) is 45.6 Å². The lowest BCUT2D eigenvalue weighted by atomic mass is 10.3. The van der Waals surface area contributed by atoms with Crippen molar-refractivity contribution in [1.29, 1.82) is 0 Å². The van der Waals surface area contributed by atoms with Gasteiger partial charge in [0, 0.05) is 26.7 Å². The minimum absolute atomic E-state index is 0.0938. The van der Waals surface area contributed by atoms with Crippen LogP contribution in [0.4, 0.5) is 0 Å². The highest BCUT2D eigenvalue weighted by atomic mass is 16.5. The second kappa shape index (κ2) is 33.3. The molecule has 0 heterocycles.